The van der Waals surface area contributed by atoms with Crippen LogP contribution in [0.25, 0.3) is 11.6 Å². The van der Waals surface area contributed by atoms with Crippen LogP contribution in [-0.2, 0) is 11.3 Å². The number of H-pyrrole nitrogens is 1. The number of imidazole rings is 1. The average Bonchev–Trinajstić information content (AvgIpc) is 3.21. The van der Waals surface area contributed by atoms with E-state index in [4.69, 9.17) is 9.47 Å². The number of benzene rings is 2. The first-order chi connectivity index (χ1) is 13.3. The molecule has 4 rings (SSSR count). The number of fused-ring (bicyclic) bond motifs is 1. The van der Waals surface area contributed by atoms with E-state index in [1.54, 1.807) is 12.4 Å². The number of carbonyl (C=O) groups is 1. The molecule has 0 saturated heterocycles. The third kappa shape index (κ3) is 4.17. The zero-order chi connectivity index (χ0) is 18.5. The van der Waals surface area contributed by atoms with E-state index in [0.29, 0.717) is 12.3 Å². The summed E-state index contributed by atoms with van der Waals surface area (Å²) in [5.74, 6) is 0.797. The molecule has 2 heterocycles. The molecule has 2 N–H and O–H groups in total. The number of rotatable bonds is 4. The summed E-state index contributed by atoms with van der Waals surface area (Å²) in [4.78, 5) is 19.3. The van der Waals surface area contributed by atoms with E-state index in [9.17, 15) is 4.79 Å². The van der Waals surface area contributed by atoms with Crippen LogP contribution in [0.3, 0.4) is 0 Å². The quantitative estimate of drug-likeness (QED) is 0.718. The standard InChI is InChI=1S/C21H19N3O3/c25-21(27-13-15-4-2-1-3-5-15)24-17-6-7-20-19(11-17)16(8-9-26-20)10-18-12-22-14-23-18/h1-7,10-12,14H,8-9,13H2,(H,22,23)(H,24,25)/b16-10+. The second kappa shape index (κ2) is 7.78. The zero-order valence-electron chi connectivity index (χ0n) is 14.6. The van der Waals surface area contributed by atoms with Crippen molar-refractivity contribution in [2.75, 3.05) is 11.9 Å². The number of aromatic nitrogens is 2. The van der Waals surface area contributed by atoms with Crippen molar-refractivity contribution >= 4 is 23.4 Å². The van der Waals surface area contributed by atoms with Crippen molar-refractivity contribution in [2.45, 2.75) is 13.0 Å². The van der Waals surface area contributed by atoms with Gasteiger partial charge in [-0.2, -0.15) is 0 Å². The molecule has 3 aromatic rings. The molecule has 0 atom stereocenters. The van der Waals surface area contributed by atoms with Crippen LogP contribution in [0.1, 0.15) is 23.2 Å². The van der Waals surface area contributed by atoms with E-state index in [0.717, 1.165) is 34.6 Å². The first kappa shape index (κ1) is 16.9. The highest BCUT2D eigenvalue weighted by atomic mass is 16.5. The van der Waals surface area contributed by atoms with E-state index in [2.05, 4.69) is 15.3 Å². The number of aromatic amines is 1. The van der Waals surface area contributed by atoms with Crippen LogP contribution in [0, 0.1) is 0 Å². The number of anilines is 1. The predicted molar refractivity (Wildman–Crippen MR) is 103 cm³/mol. The Hall–Kier alpha value is -3.54. The lowest BCUT2D eigenvalue weighted by Crippen LogP contribution is -2.14. The third-order valence-corrected chi connectivity index (χ3v) is 4.26. The van der Waals surface area contributed by atoms with Gasteiger partial charge in [-0.25, -0.2) is 9.78 Å². The molecule has 6 heteroatoms. The number of carbonyl (C=O) groups excluding carboxylic acids is 1. The lowest BCUT2D eigenvalue weighted by molar-refractivity contribution is 0.155. The molecule has 2 aromatic carbocycles. The number of nitrogens with one attached hydrogen (secondary N) is 2. The maximum atomic E-state index is 12.1. The van der Waals surface area contributed by atoms with Gasteiger partial charge in [-0.1, -0.05) is 30.3 Å². The van der Waals surface area contributed by atoms with Crippen molar-refractivity contribution in [1.82, 2.24) is 9.97 Å². The molecule has 0 spiro atoms. The molecule has 1 aliphatic heterocycles. The molecular weight excluding hydrogens is 342 g/mol. The Balaban J connectivity index is 1.47. The van der Waals surface area contributed by atoms with Crippen LogP contribution >= 0.6 is 0 Å². The Bertz CT molecular complexity index is 950. The molecule has 0 unspecified atom stereocenters. The van der Waals surface area contributed by atoms with Crippen molar-refractivity contribution in [1.29, 1.82) is 0 Å². The molecular formula is C21H19N3O3. The monoisotopic (exact) mass is 361 g/mol. The van der Waals surface area contributed by atoms with Gasteiger partial charge in [0, 0.05) is 23.9 Å². The van der Waals surface area contributed by atoms with Crippen LogP contribution < -0.4 is 10.1 Å². The van der Waals surface area contributed by atoms with Gasteiger partial charge in [-0.3, -0.25) is 5.32 Å². The third-order valence-electron chi connectivity index (χ3n) is 4.26. The molecule has 1 aliphatic rings. The van der Waals surface area contributed by atoms with Crippen LogP contribution in [0.2, 0.25) is 0 Å². The zero-order valence-corrected chi connectivity index (χ0v) is 14.6. The first-order valence-corrected chi connectivity index (χ1v) is 8.72. The minimum atomic E-state index is -0.492. The van der Waals surface area contributed by atoms with Crippen LogP contribution in [0.4, 0.5) is 10.5 Å². The molecule has 0 saturated carbocycles. The summed E-state index contributed by atoms with van der Waals surface area (Å²) in [5.41, 5.74) is 4.52. The lowest BCUT2D eigenvalue weighted by Gasteiger charge is -2.21. The van der Waals surface area contributed by atoms with Gasteiger partial charge in [0.05, 0.1) is 18.6 Å². The Morgan fingerprint density at radius 3 is 2.96 bits per heavy atom. The van der Waals surface area contributed by atoms with Gasteiger partial charge in [0.25, 0.3) is 0 Å². The highest BCUT2D eigenvalue weighted by Gasteiger charge is 2.17. The van der Waals surface area contributed by atoms with E-state index < -0.39 is 6.09 Å². The molecule has 27 heavy (non-hydrogen) atoms. The highest BCUT2D eigenvalue weighted by Crippen LogP contribution is 2.35. The fraction of sp³-hybridized carbons (Fsp3) is 0.143. The Labute approximate surface area is 156 Å². The number of amides is 1. The Morgan fingerprint density at radius 1 is 1.26 bits per heavy atom. The Morgan fingerprint density at radius 2 is 2.15 bits per heavy atom. The van der Waals surface area contributed by atoms with Crippen LogP contribution in [0.15, 0.2) is 61.1 Å². The maximum Gasteiger partial charge on any atom is 0.411 e. The first-order valence-electron chi connectivity index (χ1n) is 8.72. The van der Waals surface area contributed by atoms with Crippen LogP contribution in [-0.4, -0.2) is 22.7 Å². The summed E-state index contributed by atoms with van der Waals surface area (Å²) in [6.45, 7) is 0.847. The SMILES string of the molecule is O=C(Nc1ccc2c(c1)/C(=C/c1c[nH]cn1)CCO2)OCc1ccccc1. The topological polar surface area (TPSA) is 76.2 Å². The van der Waals surface area contributed by atoms with Gasteiger partial charge in [-0.15, -0.1) is 0 Å². The molecule has 0 aliphatic carbocycles. The van der Waals surface area contributed by atoms with Crippen molar-refractivity contribution in [2.24, 2.45) is 0 Å². The van der Waals surface area contributed by atoms with Crippen LogP contribution in [0.5, 0.6) is 5.75 Å². The normalized spacial score (nSPS) is 14.3. The van der Waals surface area contributed by atoms with E-state index in [1.165, 1.54) is 0 Å². The minimum absolute atomic E-state index is 0.227. The smallest absolute Gasteiger partial charge is 0.411 e. The molecule has 0 fully saturated rings. The van der Waals surface area contributed by atoms with Gasteiger partial charge < -0.3 is 14.5 Å². The number of hydrogen-bond donors (Lipinski definition) is 2. The Kier molecular flexibility index (Phi) is 4.87. The van der Waals surface area contributed by atoms with Gasteiger partial charge in [0.2, 0.25) is 0 Å². The second-order valence-electron chi connectivity index (χ2n) is 6.16. The number of ether oxygens (including phenoxy) is 2. The maximum absolute atomic E-state index is 12.1. The average molecular weight is 361 g/mol. The number of hydrogen-bond acceptors (Lipinski definition) is 4. The largest absolute Gasteiger partial charge is 0.493 e. The van der Waals surface area contributed by atoms with Crippen molar-refractivity contribution in [3.63, 3.8) is 0 Å². The summed E-state index contributed by atoms with van der Waals surface area (Å²) >= 11 is 0. The van der Waals surface area contributed by atoms with Gasteiger partial charge in [-0.05, 0) is 35.4 Å². The van der Waals surface area contributed by atoms with Crippen molar-refractivity contribution in [3.8, 4) is 5.75 Å². The molecule has 6 nitrogen and oxygen atoms in total. The molecule has 1 amide bonds. The summed E-state index contributed by atoms with van der Waals surface area (Å²) in [6.07, 6.45) is 5.80. The summed E-state index contributed by atoms with van der Waals surface area (Å²) in [7, 11) is 0. The predicted octanol–water partition coefficient (Wildman–Crippen LogP) is 4.48. The van der Waals surface area contributed by atoms with Gasteiger partial charge >= 0.3 is 6.09 Å². The molecule has 136 valence electrons. The van der Waals surface area contributed by atoms with Crippen molar-refractivity contribution < 1.29 is 14.3 Å². The van der Waals surface area contributed by atoms with E-state index in [1.807, 2.05) is 54.7 Å². The number of nitrogens with zero attached hydrogens (tertiary/aromatic N) is 1. The van der Waals surface area contributed by atoms with Gasteiger partial charge in [0.1, 0.15) is 12.4 Å². The van der Waals surface area contributed by atoms with Gasteiger partial charge in [0.15, 0.2) is 0 Å². The van der Waals surface area contributed by atoms with E-state index in [-0.39, 0.29) is 6.61 Å². The minimum Gasteiger partial charge on any atom is -0.493 e. The lowest BCUT2D eigenvalue weighted by atomic mass is 9.98. The van der Waals surface area contributed by atoms with Crippen molar-refractivity contribution in [3.05, 3.63) is 77.9 Å². The second-order valence-corrected chi connectivity index (χ2v) is 6.16. The molecule has 0 radical (unpaired) electrons. The molecule has 0 bridgehead atoms. The summed E-state index contributed by atoms with van der Waals surface area (Å²) < 4.78 is 11.0. The highest BCUT2D eigenvalue weighted by molar-refractivity contribution is 5.89. The van der Waals surface area contributed by atoms with E-state index >= 15 is 0 Å². The fourth-order valence-corrected chi connectivity index (χ4v) is 2.95. The fourth-order valence-electron chi connectivity index (χ4n) is 2.95. The summed E-state index contributed by atoms with van der Waals surface area (Å²) in [6, 6.07) is 15.1. The summed E-state index contributed by atoms with van der Waals surface area (Å²) in [5, 5.41) is 2.78. The molecule has 1 aromatic heterocycles.